The smallest absolute Gasteiger partial charge is 0.142 e. The molecule has 1 saturated carbocycles. The van der Waals surface area contributed by atoms with Crippen LogP contribution in [0.5, 0.6) is 0 Å². The van der Waals surface area contributed by atoms with Crippen molar-refractivity contribution in [3.8, 4) is 0 Å². The van der Waals surface area contributed by atoms with Crippen LogP contribution in [0.15, 0.2) is 18.6 Å². The van der Waals surface area contributed by atoms with Crippen LogP contribution >= 0.6 is 0 Å². The first-order chi connectivity index (χ1) is 8.26. The number of aromatic amines is 1. The number of rotatable bonds is 1. The van der Waals surface area contributed by atoms with Crippen LogP contribution < -0.4 is 10.6 Å². The Bertz CT molecular complexity index is 561. The second kappa shape index (κ2) is 2.98. The van der Waals surface area contributed by atoms with Crippen molar-refractivity contribution >= 4 is 16.9 Å². The Morgan fingerprint density at radius 1 is 1.35 bits per heavy atom. The SMILES string of the molecule is NC1CC2(C1)CN(c1ncnc3[nH]ccc13)C2. The third kappa shape index (κ3) is 1.23. The van der Waals surface area contributed by atoms with Gasteiger partial charge in [0, 0.05) is 30.7 Å². The summed E-state index contributed by atoms with van der Waals surface area (Å²) in [5, 5.41) is 1.12. The van der Waals surface area contributed by atoms with Crippen molar-refractivity contribution in [2.75, 3.05) is 18.0 Å². The lowest BCUT2D eigenvalue weighted by Gasteiger charge is -2.58. The molecule has 5 heteroatoms. The first kappa shape index (κ1) is 9.41. The van der Waals surface area contributed by atoms with E-state index in [9.17, 15) is 0 Å². The number of H-pyrrole nitrogens is 1. The summed E-state index contributed by atoms with van der Waals surface area (Å²) in [6.45, 7) is 2.19. The summed E-state index contributed by atoms with van der Waals surface area (Å²) in [5.41, 5.74) is 7.28. The largest absolute Gasteiger partial charge is 0.355 e. The number of hydrogen-bond donors (Lipinski definition) is 2. The lowest BCUT2D eigenvalue weighted by Crippen LogP contribution is -2.65. The van der Waals surface area contributed by atoms with Crippen molar-refractivity contribution in [1.29, 1.82) is 0 Å². The van der Waals surface area contributed by atoms with Crippen molar-refractivity contribution in [3.63, 3.8) is 0 Å². The average molecular weight is 229 g/mol. The number of fused-ring (bicyclic) bond motifs is 1. The van der Waals surface area contributed by atoms with Crippen LogP contribution in [0.25, 0.3) is 11.0 Å². The summed E-state index contributed by atoms with van der Waals surface area (Å²) in [6.07, 6.45) is 5.89. The van der Waals surface area contributed by atoms with Crippen LogP contribution in [0.1, 0.15) is 12.8 Å². The Labute approximate surface area is 99.0 Å². The summed E-state index contributed by atoms with van der Waals surface area (Å²) in [7, 11) is 0. The van der Waals surface area contributed by atoms with Crippen molar-refractivity contribution in [1.82, 2.24) is 15.0 Å². The second-order valence-corrected chi connectivity index (χ2v) is 5.46. The standard InChI is InChI=1S/C12H15N5/c13-8-3-12(4-8)5-17(6-12)11-9-1-2-14-10(9)15-7-16-11/h1-2,7-8H,3-6,13H2,(H,14,15,16). The maximum Gasteiger partial charge on any atom is 0.142 e. The van der Waals surface area contributed by atoms with Crippen molar-refractivity contribution in [2.24, 2.45) is 11.1 Å². The predicted octanol–water partition coefficient (Wildman–Crippen LogP) is 0.885. The molecule has 0 bridgehead atoms. The lowest BCUT2D eigenvalue weighted by atomic mass is 9.61. The third-order valence-electron chi connectivity index (χ3n) is 4.08. The molecule has 1 spiro atoms. The highest BCUT2D eigenvalue weighted by Crippen LogP contribution is 2.49. The number of nitrogens with two attached hydrogens (primary N) is 1. The summed E-state index contributed by atoms with van der Waals surface area (Å²) in [4.78, 5) is 14.1. The van der Waals surface area contributed by atoms with Gasteiger partial charge in [0.25, 0.3) is 0 Å². The zero-order valence-electron chi connectivity index (χ0n) is 9.56. The van der Waals surface area contributed by atoms with E-state index in [4.69, 9.17) is 5.73 Å². The first-order valence-electron chi connectivity index (χ1n) is 6.04. The maximum absolute atomic E-state index is 5.87. The summed E-state index contributed by atoms with van der Waals surface area (Å²) < 4.78 is 0. The van der Waals surface area contributed by atoms with Gasteiger partial charge in [0.05, 0.1) is 5.39 Å². The molecule has 88 valence electrons. The fourth-order valence-electron chi connectivity index (χ4n) is 3.33. The van der Waals surface area contributed by atoms with Gasteiger partial charge in [-0.2, -0.15) is 0 Å². The summed E-state index contributed by atoms with van der Waals surface area (Å²) in [5.74, 6) is 1.06. The zero-order valence-corrected chi connectivity index (χ0v) is 9.56. The van der Waals surface area contributed by atoms with E-state index < -0.39 is 0 Å². The highest BCUT2D eigenvalue weighted by molar-refractivity contribution is 5.87. The molecular formula is C12H15N5. The Kier molecular flexibility index (Phi) is 1.65. The molecule has 17 heavy (non-hydrogen) atoms. The van der Waals surface area contributed by atoms with Gasteiger partial charge in [-0.05, 0) is 18.9 Å². The zero-order chi connectivity index (χ0) is 11.5. The molecule has 0 unspecified atom stereocenters. The van der Waals surface area contributed by atoms with E-state index in [1.165, 1.54) is 12.8 Å². The lowest BCUT2D eigenvalue weighted by molar-refractivity contribution is 0.0661. The van der Waals surface area contributed by atoms with Crippen LogP contribution in [0.2, 0.25) is 0 Å². The van der Waals surface area contributed by atoms with Crippen LogP contribution in [-0.4, -0.2) is 34.1 Å². The molecule has 0 amide bonds. The number of nitrogens with zero attached hydrogens (tertiary/aromatic N) is 3. The normalized spacial score (nSPS) is 22.8. The van der Waals surface area contributed by atoms with Gasteiger partial charge in [-0.25, -0.2) is 9.97 Å². The highest BCUT2D eigenvalue weighted by Gasteiger charge is 2.51. The quantitative estimate of drug-likeness (QED) is 0.761. The molecule has 2 aromatic heterocycles. The van der Waals surface area contributed by atoms with Gasteiger partial charge in [-0.1, -0.05) is 0 Å². The fourth-order valence-corrected chi connectivity index (χ4v) is 3.33. The molecule has 5 nitrogen and oxygen atoms in total. The minimum absolute atomic E-state index is 0.426. The van der Waals surface area contributed by atoms with E-state index in [-0.39, 0.29) is 0 Å². The molecule has 0 atom stereocenters. The fraction of sp³-hybridized carbons (Fsp3) is 0.500. The molecule has 2 aliphatic rings. The van der Waals surface area contributed by atoms with E-state index in [1.807, 2.05) is 12.3 Å². The van der Waals surface area contributed by atoms with Crippen LogP contribution in [0.4, 0.5) is 5.82 Å². The molecule has 3 N–H and O–H groups in total. The number of aromatic nitrogens is 3. The molecule has 2 fully saturated rings. The number of nitrogens with one attached hydrogen (secondary N) is 1. The maximum atomic E-state index is 5.87. The van der Waals surface area contributed by atoms with Gasteiger partial charge in [-0.3, -0.25) is 0 Å². The minimum Gasteiger partial charge on any atom is -0.355 e. The van der Waals surface area contributed by atoms with Crippen molar-refractivity contribution in [2.45, 2.75) is 18.9 Å². The summed E-state index contributed by atoms with van der Waals surface area (Å²) >= 11 is 0. The molecule has 1 aliphatic heterocycles. The Morgan fingerprint density at radius 2 is 2.18 bits per heavy atom. The van der Waals surface area contributed by atoms with Crippen LogP contribution in [-0.2, 0) is 0 Å². The molecular weight excluding hydrogens is 214 g/mol. The van der Waals surface area contributed by atoms with E-state index in [2.05, 4.69) is 19.9 Å². The van der Waals surface area contributed by atoms with E-state index in [0.29, 0.717) is 11.5 Å². The minimum atomic E-state index is 0.426. The molecule has 4 rings (SSSR count). The Morgan fingerprint density at radius 3 is 2.94 bits per heavy atom. The van der Waals surface area contributed by atoms with E-state index >= 15 is 0 Å². The van der Waals surface area contributed by atoms with Gasteiger partial charge < -0.3 is 15.6 Å². The molecule has 1 aliphatic carbocycles. The van der Waals surface area contributed by atoms with Gasteiger partial charge in [0.2, 0.25) is 0 Å². The van der Waals surface area contributed by atoms with Gasteiger partial charge >= 0.3 is 0 Å². The van der Waals surface area contributed by atoms with Crippen LogP contribution in [0.3, 0.4) is 0 Å². The average Bonchev–Trinajstić information content (AvgIpc) is 2.69. The number of anilines is 1. The molecule has 3 heterocycles. The first-order valence-corrected chi connectivity index (χ1v) is 6.04. The predicted molar refractivity (Wildman–Crippen MR) is 65.7 cm³/mol. The van der Waals surface area contributed by atoms with Gasteiger partial charge in [-0.15, -0.1) is 0 Å². The molecule has 2 aromatic rings. The molecule has 0 aromatic carbocycles. The molecule has 0 radical (unpaired) electrons. The topological polar surface area (TPSA) is 70.8 Å². The van der Waals surface area contributed by atoms with Crippen LogP contribution in [0, 0.1) is 5.41 Å². The molecule has 1 saturated heterocycles. The van der Waals surface area contributed by atoms with Gasteiger partial charge in [0.15, 0.2) is 0 Å². The highest BCUT2D eigenvalue weighted by atomic mass is 15.3. The summed E-state index contributed by atoms with van der Waals surface area (Å²) in [6, 6.07) is 2.47. The van der Waals surface area contributed by atoms with Crippen molar-refractivity contribution < 1.29 is 0 Å². The Hall–Kier alpha value is -1.62. The van der Waals surface area contributed by atoms with Gasteiger partial charge in [0.1, 0.15) is 17.8 Å². The number of hydrogen-bond acceptors (Lipinski definition) is 4. The second-order valence-electron chi connectivity index (χ2n) is 5.46. The monoisotopic (exact) mass is 229 g/mol. The van der Waals surface area contributed by atoms with Crippen molar-refractivity contribution in [3.05, 3.63) is 18.6 Å². The Balaban J connectivity index is 1.62. The van der Waals surface area contributed by atoms with E-state index in [1.54, 1.807) is 6.33 Å². The van der Waals surface area contributed by atoms with E-state index in [0.717, 1.165) is 29.9 Å². The third-order valence-corrected chi connectivity index (χ3v) is 4.08.